The number of pyridine rings is 1. The maximum Gasteiger partial charge on any atom is 0.139 e. The minimum Gasteiger partial charge on any atom is -0.506 e. The zero-order valence-corrected chi connectivity index (χ0v) is 12.1. The van der Waals surface area contributed by atoms with Crippen molar-refractivity contribution in [3.63, 3.8) is 0 Å². The Bertz CT molecular complexity index is 807. The Hall–Kier alpha value is -2.53. The summed E-state index contributed by atoms with van der Waals surface area (Å²) < 4.78 is 5.35. The van der Waals surface area contributed by atoms with E-state index in [1.165, 1.54) is 0 Å². The molecule has 1 fully saturated rings. The van der Waals surface area contributed by atoms with Gasteiger partial charge in [-0.1, -0.05) is 6.07 Å². The Labute approximate surface area is 128 Å². The van der Waals surface area contributed by atoms with E-state index in [4.69, 9.17) is 4.74 Å². The SMILES string of the molecule is Oc1cc(-c2cnc3[nH]ccc3c2)ccc1N1CCOCC1. The van der Waals surface area contributed by atoms with E-state index in [1.807, 2.05) is 30.6 Å². The molecule has 22 heavy (non-hydrogen) atoms. The molecule has 2 aromatic heterocycles. The molecule has 1 aromatic carbocycles. The van der Waals surface area contributed by atoms with Crippen LogP contribution in [0.5, 0.6) is 5.75 Å². The van der Waals surface area contributed by atoms with Gasteiger partial charge in [-0.2, -0.15) is 0 Å². The number of nitrogens with one attached hydrogen (secondary N) is 1. The zero-order chi connectivity index (χ0) is 14.9. The molecule has 5 heteroatoms. The Morgan fingerprint density at radius 1 is 1.09 bits per heavy atom. The number of phenols is 1. The first-order chi connectivity index (χ1) is 10.8. The maximum atomic E-state index is 10.4. The van der Waals surface area contributed by atoms with Crippen molar-refractivity contribution in [2.45, 2.75) is 0 Å². The number of hydrogen-bond donors (Lipinski definition) is 2. The van der Waals surface area contributed by atoms with Gasteiger partial charge < -0.3 is 19.7 Å². The molecule has 112 valence electrons. The van der Waals surface area contributed by atoms with Gasteiger partial charge in [-0.3, -0.25) is 0 Å². The van der Waals surface area contributed by atoms with Gasteiger partial charge in [0.25, 0.3) is 0 Å². The standard InChI is InChI=1S/C17H17N3O2/c21-16-10-12(1-2-15(16)20-5-7-22-8-6-20)14-9-13-3-4-18-17(13)19-11-14/h1-4,9-11,21H,5-8H2,(H,18,19). The second-order valence-corrected chi connectivity index (χ2v) is 5.44. The quantitative estimate of drug-likeness (QED) is 0.763. The number of benzene rings is 1. The van der Waals surface area contributed by atoms with Gasteiger partial charge in [-0.15, -0.1) is 0 Å². The molecule has 1 aliphatic rings. The summed E-state index contributed by atoms with van der Waals surface area (Å²) in [6, 6.07) is 9.87. The highest BCUT2D eigenvalue weighted by Gasteiger charge is 2.15. The van der Waals surface area contributed by atoms with Crippen molar-refractivity contribution in [3.8, 4) is 16.9 Å². The molecule has 1 saturated heterocycles. The van der Waals surface area contributed by atoms with E-state index in [-0.39, 0.29) is 0 Å². The number of aromatic nitrogens is 2. The number of hydrogen-bond acceptors (Lipinski definition) is 4. The normalized spacial score (nSPS) is 15.4. The molecule has 3 heterocycles. The summed E-state index contributed by atoms with van der Waals surface area (Å²) in [7, 11) is 0. The highest BCUT2D eigenvalue weighted by molar-refractivity contribution is 5.82. The first-order valence-electron chi connectivity index (χ1n) is 7.40. The summed E-state index contributed by atoms with van der Waals surface area (Å²) in [5.41, 5.74) is 3.70. The number of anilines is 1. The molecule has 0 spiro atoms. The fourth-order valence-corrected chi connectivity index (χ4v) is 2.87. The third-order valence-electron chi connectivity index (χ3n) is 4.06. The fraction of sp³-hybridized carbons (Fsp3) is 0.235. The highest BCUT2D eigenvalue weighted by atomic mass is 16.5. The second kappa shape index (κ2) is 5.35. The van der Waals surface area contributed by atoms with Gasteiger partial charge in [0, 0.05) is 36.4 Å². The number of H-pyrrole nitrogens is 1. The van der Waals surface area contributed by atoms with Gasteiger partial charge in [-0.05, 0) is 29.8 Å². The molecule has 0 bridgehead atoms. The van der Waals surface area contributed by atoms with Crippen LogP contribution in [-0.4, -0.2) is 41.4 Å². The number of ether oxygens (including phenoxy) is 1. The molecule has 4 rings (SSSR count). The van der Waals surface area contributed by atoms with Crippen molar-refractivity contribution < 1.29 is 9.84 Å². The Balaban J connectivity index is 1.68. The average molecular weight is 295 g/mol. The summed E-state index contributed by atoms with van der Waals surface area (Å²) in [5.74, 6) is 0.300. The van der Waals surface area contributed by atoms with Crippen molar-refractivity contribution in [3.05, 3.63) is 42.7 Å². The second-order valence-electron chi connectivity index (χ2n) is 5.44. The largest absolute Gasteiger partial charge is 0.506 e. The first-order valence-corrected chi connectivity index (χ1v) is 7.40. The molecular weight excluding hydrogens is 278 g/mol. The number of phenolic OH excluding ortho intramolecular Hbond substituents is 1. The van der Waals surface area contributed by atoms with E-state index in [1.54, 1.807) is 6.07 Å². The summed E-state index contributed by atoms with van der Waals surface area (Å²) in [6.45, 7) is 3.03. The Kier molecular flexibility index (Phi) is 3.20. The number of nitrogens with zero attached hydrogens (tertiary/aromatic N) is 2. The van der Waals surface area contributed by atoms with E-state index in [0.717, 1.165) is 40.9 Å². The van der Waals surface area contributed by atoms with Crippen LogP contribution in [0.3, 0.4) is 0 Å². The molecule has 3 aromatic rings. The lowest BCUT2D eigenvalue weighted by molar-refractivity contribution is 0.122. The van der Waals surface area contributed by atoms with Crippen LogP contribution in [0.4, 0.5) is 5.69 Å². The van der Waals surface area contributed by atoms with Crippen molar-refractivity contribution in [1.29, 1.82) is 0 Å². The molecule has 1 aliphatic heterocycles. The predicted molar refractivity (Wildman–Crippen MR) is 86.2 cm³/mol. The number of rotatable bonds is 2. The summed E-state index contributed by atoms with van der Waals surface area (Å²) >= 11 is 0. The minimum absolute atomic E-state index is 0.300. The zero-order valence-electron chi connectivity index (χ0n) is 12.1. The van der Waals surface area contributed by atoms with Gasteiger partial charge in [0.05, 0.1) is 18.9 Å². The Morgan fingerprint density at radius 3 is 2.77 bits per heavy atom. The Morgan fingerprint density at radius 2 is 1.95 bits per heavy atom. The van der Waals surface area contributed by atoms with Gasteiger partial charge >= 0.3 is 0 Å². The molecule has 5 nitrogen and oxygen atoms in total. The molecule has 0 aliphatic carbocycles. The van der Waals surface area contributed by atoms with Crippen molar-refractivity contribution >= 4 is 16.7 Å². The van der Waals surface area contributed by atoms with E-state index in [0.29, 0.717) is 19.0 Å². The smallest absolute Gasteiger partial charge is 0.139 e. The number of aromatic amines is 1. The van der Waals surface area contributed by atoms with E-state index < -0.39 is 0 Å². The van der Waals surface area contributed by atoms with Crippen LogP contribution in [0.25, 0.3) is 22.2 Å². The van der Waals surface area contributed by atoms with Gasteiger partial charge in [-0.25, -0.2) is 4.98 Å². The number of fused-ring (bicyclic) bond motifs is 1. The highest BCUT2D eigenvalue weighted by Crippen LogP contribution is 2.33. The maximum absolute atomic E-state index is 10.4. The lowest BCUT2D eigenvalue weighted by Gasteiger charge is -2.29. The van der Waals surface area contributed by atoms with Gasteiger partial charge in [0.2, 0.25) is 0 Å². The molecule has 0 unspecified atom stereocenters. The van der Waals surface area contributed by atoms with Crippen LogP contribution in [-0.2, 0) is 4.74 Å². The number of morpholine rings is 1. The monoisotopic (exact) mass is 295 g/mol. The van der Waals surface area contributed by atoms with Gasteiger partial charge in [0.15, 0.2) is 0 Å². The summed E-state index contributed by atoms with van der Waals surface area (Å²) in [4.78, 5) is 9.63. The van der Waals surface area contributed by atoms with E-state index >= 15 is 0 Å². The average Bonchev–Trinajstić information content (AvgIpc) is 3.03. The minimum atomic E-state index is 0.300. The van der Waals surface area contributed by atoms with E-state index in [9.17, 15) is 5.11 Å². The summed E-state index contributed by atoms with van der Waals surface area (Å²) in [6.07, 6.45) is 3.70. The molecule has 2 N–H and O–H groups in total. The van der Waals surface area contributed by atoms with Crippen molar-refractivity contribution in [1.82, 2.24) is 9.97 Å². The van der Waals surface area contributed by atoms with Crippen LogP contribution in [0, 0.1) is 0 Å². The van der Waals surface area contributed by atoms with E-state index in [2.05, 4.69) is 20.9 Å². The molecule has 0 saturated carbocycles. The van der Waals surface area contributed by atoms with Crippen LogP contribution in [0.2, 0.25) is 0 Å². The third-order valence-corrected chi connectivity index (χ3v) is 4.06. The van der Waals surface area contributed by atoms with Crippen LogP contribution in [0.15, 0.2) is 42.7 Å². The molecule has 0 radical (unpaired) electrons. The number of aromatic hydroxyl groups is 1. The van der Waals surface area contributed by atoms with Crippen LogP contribution < -0.4 is 4.90 Å². The van der Waals surface area contributed by atoms with Crippen LogP contribution in [0.1, 0.15) is 0 Å². The van der Waals surface area contributed by atoms with Crippen LogP contribution >= 0.6 is 0 Å². The van der Waals surface area contributed by atoms with Crippen molar-refractivity contribution in [2.24, 2.45) is 0 Å². The van der Waals surface area contributed by atoms with Crippen molar-refractivity contribution in [2.75, 3.05) is 31.2 Å². The molecule has 0 atom stereocenters. The summed E-state index contributed by atoms with van der Waals surface area (Å²) in [5, 5.41) is 11.4. The topological polar surface area (TPSA) is 61.4 Å². The lowest BCUT2D eigenvalue weighted by Crippen LogP contribution is -2.36. The third kappa shape index (κ3) is 2.29. The lowest BCUT2D eigenvalue weighted by atomic mass is 10.1. The predicted octanol–water partition coefficient (Wildman–Crippen LogP) is 2.77. The fourth-order valence-electron chi connectivity index (χ4n) is 2.87. The molecule has 0 amide bonds. The van der Waals surface area contributed by atoms with Gasteiger partial charge in [0.1, 0.15) is 11.4 Å². The molecular formula is C17H17N3O2. The first kappa shape index (κ1) is 13.2.